The zero-order valence-corrected chi connectivity index (χ0v) is 43.8. The van der Waals surface area contributed by atoms with Gasteiger partial charge < -0.3 is 4.57 Å². The SMILES string of the molecule is c1ccc(-c2cc(-c3sc(-c4ccccc4-c4ccccc4)c4ccccc34)c(-c3ccc(-c4cccc(-n5ccc(-c6ccccc6)c5-c5sc(-c6ccccc6-c6ccccc6)c6ccccc56)c4)cc3)s2)cc1. The Hall–Kier alpha value is -8.90. The van der Waals surface area contributed by atoms with E-state index in [4.69, 9.17) is 0 Å². The smallest absolute Gasteiger partial charge is 0.0713 e. The van der Waals surface area contributed by atoms with E-state index < -0.39 is 0 Å². The van der Waals surface area contributed by atoms with Crippen molar-refractivity contribution in [2.75, 3.05) is 0 Å². The minimum atomic E-state index is 1.12. The molecule has 0 amide bonds. The summed E-state index contributed by atoms with van der Waals surface area (Å²) in [5.41, 5.74) is 18.2. The third-order valence-corrected chi connectivity index (χ3v) is 18.4. The number of benzene rings is 10. The highest BCUT2D eigenvalue weighted by atomic mass is 32.1. The lowest BCUT2D eigenvalue weighted by Crippen LogP contribution is -1.96. The van der Waals surface area contributed by atoms with Crippen molar-refractivity contribution < 1.29 is 0 Å². The fourth-order valence-corrected chi connectivity index (χ4v) is 14.9. The molecule has 4 heterocycles. The van der Waals surface area contributed by atoms with Crippen molar-refractivity contribution in [1.29, 1.82) is 0 Å². The second-order valence-corrected chi connectivity index (χ2v) is 22.2. The second-order valence-electron chi connectivity index (χ2n) is 19.1. The van der Waals surface area contributed by atoms with Crippen LogP contribution in [0.15, 0.2) is 285 Å². The van der Waals surface area contributed by atoms with Gasteiger partial charge in [-0.15, -0.1) is 34.0 Å². The monoisotopic (exact) mass is 1020 g/mol. The predicted octanol–water partition coefficient (Wildman–Crippen LogP) is 21.6. The van der Waals surface area contributed by atoms with Crippen molar-refractivity contribution in [3.8, 4) is 113 Å². The minimum absolute atomic E-state index is 1.12. The fraction of sp³-hybridized carbons (Fsp3) is 0. The van der Waals surface area contributed by atoms with Gasteiger partial charge in [0.2, 0.25) is 0 Å². The van der Waals surface area contributed by atoms with Gasteiger partial charge in [-0.2, -0.15) is 0 Å². The summed E-state index contributed by atoms with van der Waals surface area (Å²) < 4.78 is 2.41. The fourth-order valence-electron chi connectivity index (χ4n) is 11.0. The van der Waals surface area contributed by atoms with Gasteiger partial charge in [0, 0.05) is 80.1 Å². The van der Waals surface area contributed by atoms with E-state index in [1.165, 1.54) is 129 Å². The maximum absolute atomic E-state index is 2.43. The predicted molar refractivity (Wildman–Crippen MR) is 329 cm³/mol. The summed E-state index contributed by atoms with van der Waals surface area (Å²) in [6.45, 7) is 0. The van der Waals surface area contributed by atoms with Gasteiger partial charge in [0.15, 0.2) is 0 Å². The lowest BCUT2D eigenvalue weighted by molar-refractivity contribution is 1.09. The van der Waals surface area contributed by atoms with Gasteiger partial charge in [-0.3, -0.25) is 0 Å². The minimum Gasteiger partial charge on any atom is -0.315 e. The lowest BCUT2D eigenvalue weighted by atomic mass is 9.96. The van der Waals surface area contributed by atoms with Crippen LogP contribution >= 0.6 is 34.0 Å². The molecule has 0 atom stereocenters. The van der Waals surface area contributed by atoms with Crippen LogP contribution in [-0.4, -0.2) is 4.57 Å². The summed E-state index contributed by atoms with van der Waals surface area (Å²) in [5.74, 6) is 0. The van der Waals surface area contributed by atoms with Gasteiger partial charge >= 0.3 is 0 Å². The Labute approximate surface area is 455 Å². The number of nitrogens with zero attached hydrogens (tertiary/aromatic N) is 1. The van der Waals surface area contributed by atoms with E-state index in [-0.39, 0.29) is 0 Å². The highest BCUT2D eigenvalue weighted by Crippen LogP contribution is 2.53. The Kier molecular flexibility index (Phi) is 11.9. The molecular weight excluding hydrogens is 975 g/mol. The first-order chi connectivity index (χ1) is 37.7. The number of thiophene rings is 3. The van der Waals surface area contributed by atoms with Crippen molar-refractivity contribution in [2.24, 2.45) is 0 Å². The first-order valence-electron chi connectivity index (χ1n) is 25.7. The number of hydrogen-bond donors (Lipinski definition) is 0. The molecule has 0 N–H and O–H groups in total. The molecule has 4 aromatic heterocycles. The number of fused-ring (bicyclic) bond motifs is 2. The van der Waals surface area contributed by atoms with Gasteiger partial charge in [-0.25, -0.2) is 0 Å². The van der Waals surface area contributed by atoms with Crippen molar-refractivity contribution >= 4 is 55.6 Å². The largest absolute Gasteiger partial charge is 0.315 e. The molecule has 14 rings (SSSR count). The van der Waals surface area contributed by atoms with Crippen LogP contribution < -0.4 is 0 Å². The molecule has 0 saturated heterocycles. The molecule has 0 aliphatic heterocycles. The zero-order valence-electron chi connectivity index (χ0n) is 41.3. The average molecular weight is 1020 g/mol. The molecule has 0 aliphatic carbocycles. The standard InChI is InChI=1S/C72H47NS3/c1-5-22-49(23-6-1)56-32-13-15-34-59(56)69-61-36-17-18-37-62(61)71(75-69)65-47-66(52-28-11-4-12-29-52)74-68(65)53-42-40-48(41-43-53)54-30-21-31-55(46-54)73-45-44-58(51-26-9-3-10-27-51)67(73)72-64-39-20-19-38-63(64)70(76-72)60-35-16-14-33-57(60)50-24-7-2-8-25-50/h1-47H. The van der Waals surface area contributed by atoms with Crippen LogP contribution in [0.5, 0.6) is 0 Å². The van der Waals surface area contributed by atoms with Crippen LogP contribution in [0.25, 0.3) is 135 Å². The van der Waals surface area contributed by atoms with Crippen LogP contribution in [-0.2, 0) is 0 Å². The topological polar surface area (TPSA) is 4.93 Å². The summed E-state index contributed by atoms with van der Waals surface area (Å²) in [6, 6.07) is 102. The van der Waals surface area contributed by atoms with E-state index in [1.54, 1.807) is 0 Å². The molecule has 0 unspecified atom stereocenters. The molecule has 10 aromatic carbocycles. The maximum atomic E-state index is 2.43. The molecule has 0 radical (unpaired) electrons. The van der Waals surface area contributed by atoms with Crippen molar-refractivity contribution in [3.63, 3.8) is 0 Å². The average Bonchev–Trinajstić information content (AvgIpc) is 4.38. The molecule has 0 bridgehead atoms. The van der Waals surface area contributed by atoms with E-state index in [1.807, 2.05) is 34.0 Å². The van der Waals surface area contributed by atoms with Gasteiger partial charge in [-0.1, -0.05) is 255 Å². The summed E-state index contributed by atoms with van der Waals surface area (Å²) in [6.07, 6.45) is 2.26. The zero-order chi connectivity index (χ0) is 50.4. The van der Waals surface area contributed by atoms with Gasteiger partial charge in [0.05, 0.1) is 10.6 Å². The van der Waals surface area contributed by atoms with Gasteiger partial charge in [-0.05, 0) is 74.3 Å². The number of hydrogen-bond acceptors (Lipinski definition) is 3. The van der Waals surface area contributed by atoms with Crippen molar-refractivity contribution in [3.05, 3.63) is 285 Å². The summed E-state index contributed by atoms with van der Waals surface area (Å²) in [5, 5.41) is 5.07. The van der Waals surface area contributed by atoms with Gasteiger partial charge in [0.1, 0.15) is 0 Å². The number of rotatable bonds is 11. The molecule has 358 valence electrons. The molecule has 0 fully saturated rings. The summed E-state index contributed by atoms with van der Waals surface area (Å²) in [7, 11) is 0. The van der Waals surface area contributed by atoms with Crippen LogP contribution in [0.3, 0.4) is 0 Å². The molecule has 1 nitrogen and oxygen atoms in total. The Bertz CT molecular complexity index is 4370. The highest BCUT2D eigenvalue weighted by molar-refractivity contribution is 7.23. The van der Waals surface area contributed by atoms with E-state index in [9.17, 15) is 0 Å². The van der Waals surface area contributed by atoms with Gasteiger partial charge in [0.25, 0.3) is 0 Å². The molecule has 0 spiro atoms. The second kappa shape index (κ2) is 19.7. The normalized spacial score (nSPS) is 11.4. The molecule has 0 saturated carbocycles. The Balaban J connectivity index is 0.873. The third-order valence-electron chi connectivity index (χ3n) is 14.6. The Morgan fingerprint density at radius 3 is 1.17 bits per heavy atom. The lowest BCUT2D eigenvalue weighted by Gasteiger charge is -2.14. The number of aromatic nitrogens is 1. The molecule has 76 heavy (non-hydrogen) atoms. The van der Waals surface area contributed by atoms with E-state index in [0.717, 1.165) is 5.69 Å². The van der Waals surface area contributed by atoms with E-state index >= 15 is 0 Å². The summed E-state index contributed by atoms with van der Waals surface area (Å²) >= 11 is 5.68. The van der Waals surface area contributed by atoms with Crippen LogP contribution in [0.4, 0.5) is 0 Å². The Morgan fingerprint density at radius 2 is 0.632 bits per heavy atom. The van der Waals surface area contributed by atoms with Crippen molar-refractivity contribution in [1.82, 2.24) is 4.57 Å². The van der Waals surface area contributed by atoms with E-state index in [2.05, 4.69) is 290 Å². The first kappa shape index (κ1) is 45.7. The van der Waals surface area contributed by atoms with E-state index in [0.29, 0.717) is 0 Å². The molecule has 0 aliphatic rings. The summed E-state index contributed by atoms with van der Waals surface area (Å²) in [4.78, 5) is 7.64. The molecular formula is C72H47NS3. The molecule has 14 aromatic rings. The third kappa shape index (κ3) is 8.25. The van der Waals surface area contributed by atoms with Crippen LogP contribution in [0.2, 0.25) is 0 Å². The maximum Gasteiger partial charge on any atom is 0.0713 e. The van der Waals surface area contributed by atoms with Crippen LogP contribution in [0, 0.1) is 0 Å². The quantitative estimate of drug-likeness (QED) is 0.122. The van der Waals surface area contributed by atoms with Crippen LogP contribution in [0.1, 0.15) is 0 Å². The highest BCUT2D eigenvalue weighted by Gasteiger charge is 2.25. The Morgan fingerprint density at radius 1 is 0.224 bits per heavy atom. The van der Waals surface area contributed by atoms with Crippen molar-refractivity contribution in [2.45, 2.75) is 0 Å². The molecule has 4 heteroatoms. The first-order valence-corrected chi connectivity index (χ1v) is 28.2.